The number of aryl methyl sites for hydroxylation is 1. The Labute approximate surface area is 219 Å². The van der Waals surface area contributed by atoms with Crippen molar-refractivity contribution in [3.8, 4) is 10.4 Å². The summed E-state index contributed by atoms with van der Waals surface area (Å²) in [5.74, 6) is -0.300. The van der Waals surface area contributed by atoms with Gasteiger partial charge in [0.25, 0.3) is 11.8 Å². The second-order valence-electron chi connectivity index (χ2n) is 10.0. The average molecular weight is 517 g/mol. The number of hydrogen-bond donors (Lipinski definition) is 1. The topological polar surface area (TPSA) is 67.2 Å². The van der Waals surface area contributed by atoms with Crippen molar-refractivity contribution in [1.29, 1.82) is 0 Å². The number of piperidine rings is 1. The van der Waals surface area contributed by atoms with Crippen LogP contribution in [-0.4, -0.2) is 45.4 Å². The first-order valence-corrected chi connectivity index (χ1v) is 13.7. The third-order valence-corrected chi connectivity index (χ3v) is 8.67. The summed E-state index contributed by atoms with van der Waals surface area (Å²) in [4.78, 5) is 34.2. The number of hydrogen-bond acceptors (Lipinski definition) is 4. The molecule has 190 valence electrons. The van der Waals surface area contributed by atoms with E-state index in [4.69, 9.17) is 4.98 Å². The van der Waals surface area contributed by atoms with E-state index in [2.05, 4.69) is 5.32 Å². The van der Waals surface area contributed by atoms with Crippen LogP contribution in [0.2, 0.25) is 0 Å². The Morgan fingerprint density at radius 2 is 1.86 bits per heavy atom. The van der Waals surface area contributed by atoms with Crippen LogP contribution in [0.1, 0.15) is 63.9 Å². The van der Waals surface area contributed by atoms with Gasteiger partial charge in [-0.1, -0.05) is 36.4 Å². The van der Waals surface area contributed by atoms with Gasteiger partial charge in [-0.25, -0.2) is 9.37 Å². The minimum absolute atomic E-state index is 0.139. The SMILES string of the molecule is Cn1cc(C(=O)NC[C@@H]2CCCCN2C(=O)c2nc(C3CC3)sc2-c2ccccc2F)c2ccccc21. The van der Waals surface area contributed by atoms with E-state index in [1.165, 1.54) is 17.4 Å². The molecule has 2 amide bonds. The highest BCUT2D eigenvalue weighted by molar-refractivity contribution is 7.15. The molecule has 2 aromatic carbocycles. The second-order valence-corrected chi connectivity index (χ2v) is 11.0. The highest BCUT2D eigenvalue weighted by Crippen LogP contribution is 2.45. The van der Waals surface area contributed by atoms with Crippen LogP contribution in [-0.2, 0) is 7.05 Å². The van der Waals surface area contributed by atoms with Crippen molar-refractivity contribution in [1.82, 2.24) is 19.8 Å². The molecule has 4 aromatic rings. The van der Waals surface area contributed by atoms with Crippen molar-refractivity contribution in [2.45, 2.75) is 44.1 Å². The number of likely N-dealkylation sites (tertiary alicyclic amines) is 1. The van der Waals surface area contributed by atoms with Gasteiger partial charge in [0.2, 0.25) is 0 Å². The summed E-state index contributed by atoms with van der Waals surface area (Å²) in [6, 6.07) is 14.3. The predicted molar refractivity (Wildman–Crippen MR) is 143 cm³/mol. The largest absolute Gasteiger partial charge is 0.350 e. The van der Waals surface area contributed by atoms with E-state index in [9.17, 15) is 14.0 Å². The van der Waals surface area contributed by atoms with Gasteiger partial charge in [-0.3, -0.25) is 9.59 Å². The minimum atomic E-state index is -0.347. The van der Waals surface area contributed by atoms with E-state index in [0.717, 1.165) is 48.0 Å². The summed E-state index contributed by atoms with van der Waals surface area (Å²) in [6.45, 7) is 0.961. The number of halogens is 1. The Morgan fingerprint density at radius 1 is 1.08 bits per heavy atom. The average Bonchev–Trinajstić information content (AvgIpc) is 3.59. The molecule has 3 heterocycles. The van der Waals surface area contributed by atoms with E-state index in [0.29, 0.717) is 40.7 Å². The fraction of sp³-hybridized carbons (Fsp3) is 0.345. The maximum absolute atomic E-state index is 14.8. The highest BCUT2D eigenvalue weighted by atomic mass is 32.1. The molecule has 6 rings (SSSR count). The van der Waals surface area contributed by atoms with Gasteiger partial charge in [-0.15, -0.1) is 11.3 Å². The Hall–Kier alpha value is -3.52. The second kappa shape index (κ2) is 9.74. The minimum Gasteiger partial charge on any atom is -0.350 e. The smallest absolute Gasteiger partial charge is 0.274 e. The number of fused-ring (bicyclic) bond motifs is 1. The third kappa shape index (κ3) is 4.55. The molecule has 0 bridgehead atoms. The number of aromatic nitrogens is 2. The van der Waals surface area contributed by atoms with E-state index >= 15 is 0 Å². The summed E-state index contributed by atoms with van der Waals surface area (Å²) in [5, 5.41) is 4.90. The summed E-state index contributed by atoms with van der Waals surface area (Å²) in [7, 11) is 1.93. The summed E-state index contributed by atoms with van der Waals surface area (Å²) < 4.78 is 16.7. The molecule has 2 fully saturated rings. The zero-order valence-corrected chi connectivity index (χ0v) is 21.6. The van der Waals surface area contributed by atoms with Gasteiger partial charge in [0.15, 0.2) is 0 Å². The first-order valence-electron chi connectivity index (χ1n) is 12.9. The normalized spacial score (nSPS) is 17.8. The lowest BCUT2D eigenvalue weighted by atomic mass is 10.0. The van der Waals surface area contributed by atoms with Crippen molar-refractivity contribution in [2.24, 2.45) is 7.05 Å². The quantitative estimate of drug-likeness (QED) is 0.355. The van der Waals surface area contributed by atoms with Crippen molar-refractivity contribution >= 4 is 34.1 Å². The van der Waals surface area contributed by atoms with Gasteiger partial charge in [0.05, 0.1) is 15.4 Å². The number of amides is 2. The van der Waals surface area contributed by atoms with Crippen molar-refractivity contribution in [3.63, 3.8) is 0 Å². The Morgan fingerprint density at radius 3 is 2.68 bits per heavy atom. The van der Waals surface area contributed by atoms with Crippen molar-refractivity contribution in [3.05, 3.63) is 76.8 Å². The van der Waals surface area contributed by atoms with Crippen LogP contribution in [0.4, 0.5) is 4.39 Å². The maximum Gasteiger partial charge on any atom is 0.274 e. The molecule has 1 aliphatic heterocycles. The fourth-order valence-corrected chi connectivity index (χ4v) is 6.51. The number of rotatable bonds is 6. The van der Waals surface area contributed by atoms with E-state index < -0.39 is 0 Å². The number of para-hydroxylation sites is 1. The lowest BCUT2D eigenvalue weighted by Gasteiger charge is -2.35. The van der Waals surface area contributed by atoms with Gasteiger partial charge in [-0.2, -0.15) is 0 Å². The van der Waals surface area contributed by atoms with Crippen molar-refractivity contribution < 1.29 is 14.0 Å². The molecular weight excluding hydrogens is 487 g/mol. The standard InChI is InChI=1S/C29H29FN4O2S/c1-33-17-22(20-9-3-5-12-24(20)33)27(35)31-16-19-8-6-7-15-34(19)29(36)25-26(21-10-2-4-11-23(21)30)37-28(32-25)18-13-14-18/h2-5,9-12,17-19H,6-8,13-16H2,1H3,(H,31,35)/t19-/m0/s1. The van der Waals surface area contributed by atoms with Crippen LogP contribution in [0.15, 0.2) is 54.7 Å². The number of nitrogens with one attached hydrogen (secondary N) is 1. The maximum atomic E-state index is 14.8. The van der Waals surface area contributed by atoms with Crippen LogP contribution in [0.25, 0.3) is 21.3 Å². The lowest BCUT2D eigenvalue weighted by molar-refractivity contribution is 0.0598. The van der Waals surface area contributed by atoms with E-state index in [-0.39, 0.29) is 23.7 Å². The van der Waals surface area contributed by atoms with Crippen LogP contribution in [0.3, 0.4) is 0 Å². The van der Waals surface area contributed by atoms with Crippen LogP contribution >= 0.6 is 11.3 Å². The predicted octanol–water partition coefficient (Wildman–Crippen LogP) is 5.74. The molecule has 0 unspecified atom stereocenters. The Balaban J connectivity index is 1.25. The molecule has 2 aromatic heterocycles. The zero-order chi connectivity index (χ0) is 25.5. The van der Waals surface area contributed by atoms with Crippen LogP contribution in [0, 0.1) is 5.82 Å². The number of carbonyl (C=O) groups excluding carboxylic acids is 2. The molecule has 1 saturated carbocycles. The van der Waals surface area contributed by atoms with E-state index in [1.807, 2.05) is 47.0 Å². The third-order valence-electron chi connectivity index (χ3n) is 7.42. The van der Waals surface area contributed by atoms with Crippen molar-refractivity contribution in [2.75, 3.05) is 13.1 Å². The monoisotopic (exact) mass is 516 g/mol. The molecule has 6 nitrogen and oxygen atoms in total. The molecule has 1 saturated heterocycles. The first-order chi connectivity index (χ1) is 18.0. The summed E-state index contributed by atoms with van der Waals surface area (Å²) in [6.07, 6.45) is 6.65. The van der Waals surface area contributed by atoms with Gasteiger partial charge < -0.3 is 14.8 Å². The molecule has 37 heavy (non-hydrogen) atoms. The van der Waals surface area contributed by atoms with Gasteiger partial charge in [0, 0.05) is 54.8 Å². The number of benzene rings is 2. The molecule has 1 N–H and O–H groups in total. The van der Waals surface area contributed by atoms with Gasteiger partial charge >= 0.3 is 0 Å². The summed E-state index contributed by atoms with van der Waals surface area (Å²) >= 11 is 1.44. The number of nitrogens with zero attached hydrogens (tertiary/aromatic N) is 3. The first kappa shape index (κ1) is 23.9. The summed E-state index contributed by atoms with van der Waals surface area (Å²) in [5.41, 5.74) is 2.39. The molecule has 0 spiro atoms. The van der Waals surface area contributed by atoms with E-state index in [1.54, 1.807) is 18.2 Å². The zero-order valence-electron chi connectivity index (χ0n) is 20.7. The lowest BCUT2D eigenvalue weighted by Crippen LogP contribution is -2.49. The molecule has 2 aliphatic rings. The van der Waals surface area contributed by atoms with Crippen LogP contribution in [0.5, 0.6) is 0 Å². The van der Waals surface area contributed by atoms with Crippen LogP contribution < -0.4 is 5.32 Å². The molecule has 1 aliphatic carbocycles. The molecule has 8 heteroatoms. The molecular formula is C29H29FN4O2S. The molecule has 1 atom stereocenters. The fourth-order valence-electron chi connectivity index (χ4n) is 5.26. The van der Waals surface area contributed by atoms with Gasteiger partial charge in [-0.05, 0) is 44.2 Å². The highest BCUT2D eigenvalue weighted by Gasteiger charge is 2.35. The number of carbonyl (C=O) groups is 2. The molecule has 0 radical (unpaired) electrons. The van der Waals surface area contributed by atoms with Gasteiger partial charge in [0.1, 0.15) is 11.5 Å². The Bertz CT molecular complexity index is 1490. The Kier molecular flexibility index (Phi) is 6.28. The number of thiazole rings is 1.